The molecule has 0 atom stereocenters. The largest absolute Gasteiger partial charge is 0.487 e. The van der Waals surface area contributed by atoms with Gasteiger partial charge in [-0.15, -0.1) is 0 Å². The SMILES string of the molecule is CCN(c1ccc(C(=O)O)cc1)c1cc2c(cc1OCc1ccccc1)C(C)(C)CC=C2C(C)C. The number of hydrogen-bond acceptors (Lipinski definition) is 3. The summed E-state index contributed by atoms with van der Waals surface area (Å²) in [5, 5.41) is 9.33. The lowest BCUT2D eigenvalue weighted by Crippen LogP contribution is -2.24. The summed E-state index contributed by atoms with van der Waals surface area (Å²) in [6, 6.07) is 21.8. The van der Waals surface area contributed by atoms with E-state index in [1.54, 1.807) is 12.1 Å². The number of nitrogens with zero attached hydrogens (tertiary/aromatic N) is 1. The van der Waals surface area contributed by atoms with E-state index in [9.17, 15) is 9.90 Å². The number of allylic oxidation sites excluding steroid dienone is 2. The van der Waals surface area contributed by atoms with E-state index in [0.29, 0.717) is 12.5 Å². The van der Waals surface area contributed by atoms with Gasteiger partial charge in [-0.2, -0.15) is 0 Å². The third kappa shape index (κ3) is 5.12. The Balaban J connectivity index is 1.84. The third-order valence-electron chi connectivity index (χ3n) is 6.86. The number of rotatable bonds is 8. The number of aromatic carboxylic acids is 1. The van der Waals surface area contributed by atoms with Crippen molar-refractivity contribution in [2.75, 3.05) is 11.4 Å². The molecule has 0 spiro atoms. The van der Waals surface area contributed by atoms with Gasteiger partial charge in [0.25, 0.3) is 0 Å². The monoisotopic (exact) mass is 469 g/mol. The second-order valence-corrected chi connectivity index (χ2v) is 10.1. The van der Waals surface area contributed by atoms with E-state index < -0.39 is 5.97 Å². The van der Waals surface area contributed by atoms with Crippen LogP contribution in [-0.4, -0.2) is 17.6 Å². The van der Waals surface area contributed by atoms with Crippen LogP contribution in [0.3, 0.4) is 0 Å². The first kappa shape index (κ1) is 24.6. The Morgan fingerprint density at radius 3 is 2.34 bits per heavy atom. The van der Waals surface area contributed by atoms with Crippen molar-refractivity contribution >= 4 is 22.9 Å². The zero-order chi connectivity index (χ0) is 25.2. The minimum absolute atomic E-state index is 0.0112. The molecule has 0 heterocycles. The first-order valence-corrected chi connectivity index (χ1v) is 12.4. The van der Waals surface area contributed by atoms with E-state index in [4.69, 9.17) is 4.74 Å². The van der Waals surface area contributed by atoms with Crippen LogP contribution in [0.2, 0.25) is 0 Å². The number of carbonyl (C=O) groups is 1. The fraction of sp³-hybridized carbons (Fsp3) is 0.323. The lowest BCUT2D eigenvalue weighted by molar-refractivity contribution is 0.0697. The normalized spacial score (nSPS) is 14.3. The van der Waals surface area contributed by atoms with Crippen molar-refractivity contribution in [1.82, 2.24) is 0 Å². The molecular weight excluding hydrogens is 434 g/mol. The summed E-state index contributed by atoms with van der Waals surface area (Å²) in [5.74, 6) is 0.336. The van der Waals surface area contributed by atoms with Gasteiger partial charge in [-0.25, -0.2) is 4.79 Å². The van der Waals surface area contributed by atoms with Gasteiger partial charge in [0.15, 0.2) is 0 Å². The molecule has 0 aromatic heterocycles. The van der Waals surface area contributed by atoms with E-state index in [1.807, 2.05) is 30.3 Å². The molecule has 0 unspecified atom stereocenters. The molecule has 0 amide bonds. The van der Waals surface area contributed by atoms with Gasteiger partial charge in [0, 0.05) is 12.2 Å². The van der Waals surface area contributed by atoms with Crippen LogP contribution < -0.4 is 9.64 Å². The van der Waals surface area contributed by atoms with Crippen LogP contribution in [0.4, 0.5) is 11.4 Å². The standard InChI is InChI=1S/C31H35NO3/c1-6-32(24-14-12-23(13-15-24)30(33)34)28-18-26-25(21(2)3)16-17-31(4,5)27(26)19-29(28)35-20-22-10-8-7-9-11-22/h7-16,18-19,21H,6,17,20H2,1-5H3,(H,33,34). The van der Waals surface area contributed by atoms with Crippen LogP contribution in [0.5, 0.6) is 5.75 Å². The molecule has 0 radical (unpaired) electrons. The molecule has 182 valence electrons. The Kier molecular flexibility index (Phi) is 7.02. The number of carboxylic acid groups (broad SMARTS) is 1. The predicted octanol–water partition coefficient (Wildman–Crippen LogP) is 7.84. The molecule has 1 aliphatic carbocycles. The van der Waals surface area contributed by atoms with Crippen LogP contribution in [0.1, 0.15) is 68.1 Å². The molecule has 3 aromatic carbocycles. The molecule has 4 nitrogen and oxygen atoms in total. The number of ether oxygens (including phenoxy) is 1. The van der Waals surface area contributed by atoms with Gasteiger partial charge in [0.05, 0.1) is 11.3 Å². The van der Waals surface area contributed by atoms with Crippen LogP contribution in [0, 0.1) is 5.92 Å². The van der Waals surface area contributed by atoms with Gasteiger partial charge in [0.1, 0.15) is 12.4 Å². The van der Waals surface area contributed by atoms with Crippen LogP contribution >= 0.6 is 0 Å². The lowest BCUT2D eigenvalue weighted by Gasteiger charge is -2.36. The summed E-state index contributed by atoms with van der Waals surface area (Å²) in [5.41, 5.74) is 7.30. The van der Waals surface area contributed by atoms with Crippen LogP contribution in [-0.2, 0) is 12.0 Å². The first-order valence-electron chi connectivity index (χ1n) is 12.4. The maximum atomic E-state index is 11.4. The smallest absolute Gasteiger partial charge is 0.335 e. The van der Waals surface area contributed by atoms with E-state index in [1.165, 1.54) is 16.7 Å². The Morgan fingerprint density at radius 1 is 1.06 bits per heavy atom. The zero-order valence-electron chi connectivity index (χ0n) is 21.3. The van der Waals surface area contributed by atoms with Gasteiger partial charge in [-0.1, -0.05) is 64.1 Å². The molecule has 4 rings (SSSR count). The maximum Gasteiger partial charge on any atom is 0.335 e. The van der Waals surface area contributed by atoms with E-state index in [2.05, 4.69) is 69.9 Å². The van der Waals surface area contributed by atoms with Crippen molar-refractivity contribution in [3.63, 3.8) is 0 Å². The Hall–Kier alpha value is -3.53. The van der Waals surface area contributed by atoms with Gasteiger partial charge >= 0.3 is 5.97 Å². The highest BCUT2D eigenvalue weighted by atomic mass is 16.5. The Labute approximate surface area is 208 Å². The third-order valence-corrected chi connectivity index (χ3v) is 6.86. The lowest BCUT2D eigenvalue weighted by atomic mass is 9.71. The summed E-state index contributed by atoms with van der Waals surface area (Å²) >= 11 is 0. The minimum atomic E-state index is -0.922. The van der Waals surface area contributed by atoms with Crippen molar-refractivity contribution in [3.05, 3.63) is 95.1 Å². The molecule has 1 aliphatic rings. The molecule has 4 heteroatoms. The maximum absolute atomic E-state index is 11.4. The summed E-state index contributed by atoms with van der Waals surface area (Å²) in [4.78, 5) is 13.6. The fourth-order valence-corrected chi connectivity index (χ4v) is 4.84. The quantitative estimate of drug-likeness (QED) is 0.365. The summed E-state index contributed by atoms with van der Waals surface area (Å²) in [7, 11) is 0. The highest BCUT2D eigenvalue weighted by Crippen LogP contribution is 2.47. The number of carboxylic acids is 1. The van der Waals surface area contributed by atoms with Crippen molar-refractivity contribution in [2.45, 2.75) is 53.1 Å². The molecule has 3 aromatic rings. The van der Waals surface area contributed by atoms with E-state index in [0.717, 1.165) is 35.7 Å². The first-order chi connectivity index (χ1) is 16.7. The highest BCUT2D eigenvalue weighted by Gasteiger charge is 2.31. The zero-order valence-corrected chi connectivity index (χ0v) is 21.3. The topological polar surface area (TPSA) is 49.8 Å². The second-order valence-electron chi connectivity index (χ2n) is 10.1. The molecular formula is C31H35NO3. The van der Waals surface area contributed by atoms with Crippen LogP contribution in [0.25, 0.3) is 5.57 Å². The second kappa shape index (κ2) is 9.99. The average molecular weight is 470 g/mol. The number of fused-ring (bicyclic) bond motifs is 1. The molecule has 0 saturated heterocycles. The Bertz CT molecular complexity index is 1220. The molecule has 0 saturated carbocycles. The summed E-state index contributed by atoms with van der Waals surface area (Å²) in [6.45, 7) is 12.4. The average Bonchev–Trinajstić information content (AvgIpc) is 2.84. The molecule has 1 N–H and O–H groups in total. The van der Waals surface area contributed by atoms with Crippen molar-refractivity contribution < 1.29 is 14.6 Å². The summed E-state index contributed by atoms with van der Waals surface area (Å²) < 4.78 is 6.49. The van der Waals surface area contributed by atoms with Crippen molar-refractivity contribution in [1.29, 1.82) is 0 Å². The van der Waals surface area contributed by atoms with Crippen molar-refractivity contribution in [3.8, 4) is 5.75 Å². The van der Waals surface area contributed by atoms with Crippen LogP contribution in [0.15, 0.2) is 72.8 Å². The number of hydrogen-bond donors (Lipinski definition) is 1. The van der Waals surface area contributed by atoms with E-state index >= 15 is 0 Å². The van der Waals surface area contributed by atoms with Crippen molar-refractivity contribution in [2.24, 2.45) is 5.92 Å². The van der Waals surface area contributed by atoms with Gasteiger partial charge in [0.2, 0.25) is 0 Å². The summed E-state index contributed by atoms with van der Waals surface area (Å²) in [6.07, 6.45) is 3.39. The Morgan fingerprint density at radius 2 is 1.74 bits per heavy atom. The molecule has 35 heavy (non-hydrogen) atoms. The fourth-order valence-electron chi connectivity index (χ4n) is 4.84. The minimum Gasteiger partial charge on any atom is -0.487 e. The molecule has 0 bridgehead atoms. The molecule has 0 aliphatic heterocycles. The van der Waals surface area contributed by atoms with Gasteiger partial charge < -0.3 is 14.7 Å². The van der Waals surface area contributed by atoms with Gasteiger partial charge in [-0.3, -0.25) is 0 Å². The number of benzene rings is 3. The van der Waals surface area contributed by atoms with Gasteiger partial charge in [-0.05, 0) is 83.3 Å². The van der Waals surface area contributed by atoms with E-state index in [-0.39, 0.29) is 11.0 Å². The predicted molar refractivity (Wildman–Crippen MR) is 144 cm³/mol. The number of anilines is 2. The highest BCUT2D eigenvalue weighted by molar-refractivity contribution is 5.88. The molecule has 0 fully saturated rings.